The van der Waals surface area contributed by atoms with Gasteiger partial charge in [0.05, 0.1) is 29.9 Å². The molecule has 0 saturated carbocycles. The number of amidine groups is 1. The zero-order chi connectivity index (χ0) is 19.9. The minimum absolute atomic E-state index is 0.0188. The average molecular weight is 402 g/mol. The van der Waals surface area contributed by atoms with E-state index in [0.717, 1.165) is 12.2 Å². The molecule has 2 N–H and O–H groups in total. The molecule has 0 bridgehead atoms. The quantitative estimate of drug-likeness (QED) is 0.705. The van der Waals surface area contributed by atoms with Crippen molar-refractivity contribution in [2.75, 3.05) is 36.6 Å². The lowest BCUT2D eigenvalue weighted by Crippen LogP contribution is -2.28. The van der Waals surface area contributed by atoms with Gasteiger partial charge >= 0.3 is 0 Å². The molecule has 1 fully saturated rings. The summed E-state index contributed by atoms with van der Waals surface area (Å²) < 4.78 is 10.2. The molecule has 0 unspecified atom stereocenters. The Labute approximate surface area is 167 Å². The number of amides is 2. The second-order valence-electron chi connectivity index (χ2n) is 5.99. The second-order valence-corrected chi connectivity index (χ2v) is 6.93. The molecule has 2 aromatic rings. The summed E-state index contributed by atoms with van der Waals surface area (Å²) in [6.45, 7) is 3.01. The minimum Gasteiger partial charge on any atom is -0.467 e. The van der Waals surface area contributed by atoms with Gasteiger partial charge in [0.2, 0.25) is 11.8 Å². The summed E-state index contributed by atoms with van der Waals surface area (Å²) in [6, 6.07) is 9.03. The van der Waals surface area contributed by atoms with E-state index < -0.39 is 0 Å². The average Bonchev–Trinajstić information content (AvgIpc) is 3.30. The third-order valence-electron chi connectivity index (χ3n) is 3.89. The van der Waals surface area contributed by atoms with Crippen LogP contribution in [0.5, 0.6) is 0 Å². The predicted molar refractivity (Wildman–Crippen MR) is 110 cm³/mol. The maximum Gasteiger partial charge on any atom is 0.250 e. The first-order chi connectivity index (χ1) is 13.6. The predicted octanol–water partition coefficient (Wildman–Crippen LogP) is 3.06. The van der Waals surface area contributed by atoms with E-state index in [0.29, 0.717) is 34.6 Å². The van der Waals surface area contributed by atoms with E-state index in [1.54, 1.807) is 29.4 Å². The van der Waals surface area contributed by atoms with Crippen LogP contribution in [0.25, 0.3) is 0 Å². The van der Waals surface area contributed by atoms with Gasteiger partial charge in [-0.1, -0.05) is 11.8 Å². The van der Waals surface area contributed by atoms with E-state index in [1.165, 1.54) is 18.9 Å². The Balaban J connectivity index is 1.88. The van der Waals surface area contributed by atoms with Crippen molar-refractivity contribution in [2.24, 2.45) is 4.99 Å². The van der Waals surface area contributed by atoms with Crippen molar-refractivity contribution in [2.45, 2.75) is 13.5 Å². The Kier molecular flexibility index (Phi) is 6.72. The molecule has 3 rings (SSSR count). The number of hydrogen-bond acceptors (Lipinski definition) is 7. The Morgan fingerprint density at radius 2 is 2.25 bits per heavy atom. The van der Waals surface area contributed by atoms with Gasteiger partial charge in [0.1, 0.15) is 12.4 Å². The summed E-state index contributed by atoms with van der Waals surface area (Å²) in [7, 11) is 1.47. The van der Waals surface area contributed by atoms with Gasteiger partial charge in [0, 0.05) is 19.3 Å². The van der Waals surface area contributed by atoms with Gasteiger partial charge in [-0.2, -0.15) is 0 Å². The normalized spacial score (nSPS) is 15.3. The minimum atomic E-state index is -0.248. The van der Waals surface area contributed by atoms with Gasteiger partial charge in [0.25, 0.3) is 0 Å². The molecule has 2 heterocycles. The zero-order valence-electron chi connectivity index (χ0n) is 15.7. The lowest BCUT2D eigenvalue weighted by Gasteiger charge is -2.16. The van der Waals surface area contributed by atoms with Crippen molar-refractivity contribution in [3.8, 4) is 0 Å². The number of benzene rings is 1. The summed E-state index contributed by atoms with van der Waals surface area (Å²) in [4.78, 5) is 30.4. The molecule has 8 nitrogen and oxygen atoms in total. The Hall–Kier alpha value is -2.78. The third-order valence-corrected chi connectivity index (χ3v) is 4.85. The fourth-order valence-electron chi connectivity index (χ4n) is 2.67. The first kappa shape index (κ1) is 20.0. The fraction of sp³-hybridized carbons (Fsp3) is 0.316. The maximum atomic E-state index is 12.3. The molecule has 0 spiro atoms. The number of carbonyl (C=O) groups excluding carboxylic acids is 2. The van der Waals surface area contributed by atoms with E-state index in [1.807, 2.05) is 19.1 Å². The van der Waals surface area contributed by atoms with Crippen LogP contribution in [0.4, 0.5) is 17.1 Å². The summed E-state index contributed by atoms with van der Waals surface area (Å²) in [5, 5.41) is 6.62. The van der Waals surface area contributed by atoms with Crippen LogP contribution < -0.4 is 10.6 Å². The van der Waals surface area contributed by atoms with E-state index in [4.69, 9.17) is 14.1 Å². The fourth-order valence-corrected chi connectivity index (χ4v) is 3.56. The maximum absolute atomic E-state index is 12.3. The number of ether oxygens (including phenoxy) is 1. The van der Waals surface area contributed by atoms with Crippen molar-refractivity contribution < 1.29 is 18.7 Å². The molecule has 0 atom stereocenters. The highest BCUT2D eigenvalue weighted by Gasteiger charge is 2.29. The summed E-state index contributed by atoms with van der Waals surface area (Å²) in [5.74, 6) is 0.758. The molecule has 1 aliphatic heterocycles. The highest BCUT2D eigenvalue weighted by molar-refractivity contribution is 8.15. The molecule has 0 aliphatic carbocycles. The lowest BCUT2D eigenvalue weighted by atomic mass is 10.2. The Bertz CT molecular complexity index is 867. The Morgan fingerprint density at radius 1 is 1.39 bits per heavy atom. The summed E-state index contributed by atoms with van der Waals surface area (Å²) in [6.07, 6.45) is 1.58. The first-order valence-corrected chi connectivity index (χ1v) is 9.80. The van der Waals surface area contributed by atoms with Gasteiger partial charge < -0.3 is 19.8 Å². The largest absolute Gasteiger partial charge is 0.467 e. The molecule has 28 heavy (non-hydrogen) atoms. The molecule has 1 aromatic carbocycles. The molecule has 9 heteroatoms. The smallest absolute Gasteiger partial charge is 0.250 e. The monoisotopic (exact) mass is 402 g/mol. The topological polar surface area (TPSA) is 96.2 Å². The number of aliphatic imine (C=N–C) groups is 1. The molecule has 148 valence electrons. The second kappa shape index (κ2) is 9.43. The van der Waals surface area contributed by atoms with Crippen molar-refractivity contribution in [1.82, 2.24) is 4.90 Å². The number of methoxy groups -OCH3 is 1. The highest BCUT2D eigenvalue weighted by Crippen LogP contribution is 2.32. The van der Waals surface area contributed by atoms with Crippen LogP contribution in [-0.4, -0.2) is 47.9 Å². The third kappa shape index (κ3) is 4.93. The van der Waals surface area contributed by atoms with E-state index in [-0.39, 0.29) is 18.4 Å². The SMILES string of the molecule is CCNc1ccc(NC(=O)COC)cc1/N=C1\SCC(=O)N1Cc1ccco1. The van der Waals surface area contributed by atoms with E-state index in [2.05, 4.69) is 10.6 Å². The number of hydrogen-bond donors (Lipinski definition) is 2. The highest BCUT2D eigenvalue weighted by atomic mass is 32.2. The number of anilines is 2. The molecule has 0 radical (unpaired) electrons. The van der Waals surface area contributed by atoms with Crippen molar-refractivity contribution in [3.05, 3.63) is 42.4 Å². The van der Waals surface area contributed by atoms with Crippen molar-refractivity contribution in [3.63, 3.8) is 0 Å². The van der Waals surface area contributed by atoms with Gasteiger partial charge in [-0.25, -0.2) is 4.99 Å². The number of nitrogens with one attached hydrogen (secondary N) is 2. The lowest BCUT2D eigenvalue weighted by molar-refractivity contribution is -0.124. The molecule has 1 aromatic heterocycles. The van der Waals surface area contributed by atoms with Crippen LogP contribution in [0.1, 0.15) is 12.7 Å². The van der Waals surface area contributed by atoms with E-state index in [9.17, 15) is 9.59 Å². The van der Waals surface area contributed by atoms with Crippen LogP contribution in [0.15, 0.2) is 46.0 Å². The number of carbonyl (C=O) groups is 2. The Morgan fingerprint density at radius 3 is 2.96 bits per heavy atom. The molecular weight excluding hydrogens is 380 g/mol. The molecule has 1 aliphatic rings. The van der Waals surface area contributed by atoms with Crippen LogP contribution in [0, 0.1) is 0 Å². The number of furan rings is 1. The van der Waals surface area contributed by atoms with Gasteiger partial charge in [-0.05, 0) is 37.3 Å². The van der Waals surface area contributed by atoms with Crippen LogP contribution in [0.2, 0.25) is 0 Å². The summed E-state index contributed by atoms with van der Waals surface area (Å²) in [5.41, 5.74) is 2.06. The molecule has 2 amide bonds. The zero-order valence-corrected chi connectivity index (χ0v) is 16.5. The van der Waals surface area contributed by atoms with Crippen molar-refractivity contribution >= 4 is 45.8 Å². The number of rotatable bonds is 8. The van der Waals surface area contributed by atoms with Crippen LogP contribution in [-0.2, 0) is 20.9 Å². The van der Waals surface area contributed by atoms with Crippen LogP contribution in [0.3, 0.4) is 0 Å². The molecule has 1 saturated heterocycles. The van der Waals surface area contributed by atoms with Gasteiger partial charge in [-0.3, -0.25) is 14.5 Å². The standard InChI is InChI=1S/C19H22N4O4S/c1-3-20-15-7-6-13(21-17(24)11-26-2)9-16(15)22-19-23(18(25)12-28-19)10-14-5-4-8-27-14/h4-9,20H,3,10-12H2,1-2H3,(H,21,24)/b22-19-. The number of thioether (sulfide) groups is 1. The molecular formula is C19H22N4O4S. The van der Waals surface area contributed by atoms with E-state index >= 15 is 0 Å². The van der Waals surface area contributed by atoms with Gasteiger partial charge in [-0.15, -0.1) is 0 Å². The van der Waals surface area contributed by atoms with Crippen molar-refractivity contribution in [1.29, 1.82) is 0 Å². The van der Waals surface area contributed by atoms with Crippen LogP contribution >= 0.6 is 11.8 Å². The first-order valence-electron chi connectivity index (χ1n) is 8.81. The van der Waals surface area contributed by atoms with Gasteiger partial charge in [0.15, 0.2) is 5.17 Å². The number of nitrogens with zero attached hydrogens (tertiary/aromatic N) is 2. The summed E-state index contributed by atoms with van der Waals surface area (Å²) >= 11 is 1.38.